The zero-order valence-corrected chi connectivity index (χ0v) is 10.2. The van der Waals surface area contributed by atoms with Crippen LogP contribution < -0.4 is 15.2 Å². The summed E-state index contributed by atoms with van der Waals surface area (Å²) >= 11 is 0. The third-order valence-corrected chi connectivity index (χ3v) is 2.85. The molecule has 0 saturated carbocycles. The lowest BCUT2D eigenvalue weighted by Gasteiger charge is -2.06. The van der Waals surface area contributed by atoms with Crippen LogP contribution in [0.3, 0.4) is 0 Å². The van der Waals surface area contributed by atoms with Crippen LogP contribution in [0, 0.1) is 0 Å². The van der Waals surface area contributed by atoms with Gasteiger partial charge in [0, 0.05) is 6.54 Å². The van der Waals surface area contributed by atoms with Crippen molar-refractivity contribution in [2.24, 2.45) is 5.73 Å². The van der Waals surface area contributed by atoms with Gasteiger partial charge in [-0.05, 0) is 19.4 Å². The molecule has 0 aliphatic rings. The minimum absolute atomic E-state index is 0.289. The first-order chi connectivity index (χ1) is 7.52. The molecular weight excluding hydrogens is 234 g/mol. The van der Waals surface area contributed by atoms with E-state index in [0.29, 0.717) is 13.0 Å². The van der Waals surface area contributed by atoms with Gasteiger partial charge < -0.3 is 10.5 Å². The minimum Gasteiger partial charge on any atom is -0.452 e. The van der Waals surface area contributed by atoms with Crippen molar-refractivity contribution in [2.45, 2.75) is 25.7 Å². The van der Waals surface area contributed by atoms with Crippen LogP contribution >= 0.6 is 0 Å². The highest BCUT2D eigenvalue weighted by Gasteiger charge is 2.12. The van der Waals surface area contributed by atoms with Gasteiger partial charge in [-0.25, -0.2) is 9.52 Å². The molecule has 96 valence electrons. The van der Waals surface area contributed by atoms with Crippen molar-refractivity contribution in [1.82, 2.24) is 9.44 Å². The molecule has 0 aromatic rings. The van der Waals surface area contributed by atoms with E-state index in [1.165, 1.54) is 0 Å². The Bertz CT molecular complexity index is 292. The highest BCUT2D eigenvalue weighted by atomic mass is 32.2. The number of unbranched alkanes of at least 4 members (excludes halogenated alkanes) is 3. The summed E-state index contributed by atoms with van der Waals surface area (Å²) in [5.74, 6) is 0. The summed E-state index contributed by atoms with van der Waals surface area (Å²) in [6, 6.07) is 0. The number of methoxy groups -OCH3 is 1. The van der Waals surface area contributed by atoms with E-state index in [-0.39, 0.29) is 6.54 Å². The molecule has 0 aromatic carbocycles. The van der Waals surface area contributed by atoms with Gasteiger partial charge in [-0.15, -0.1) is 0 Å². The summed E-state index contributed by atoms with van der Waals surface area (Å²) in [6.45, 7) is 0.937. The van der Waals surface area contributed by atoms with Gasteiger partial charge in [0.25, 0.3) is 0 Å². The third-order valence-electron chi connectivity index (χ3n) is 1.83. The number of ether oxygens (including phenoxy) is 1. The van der Waals surface area contributed by atoms with Gasteiger partial charge in [-0.2, -0.15) is 13.1 Å². The number of hydrogen-bond donors (Lipinski definition) is 3. The van der Waals surface area contributed by atoms with Gasteiger partial charge >= 0.3 is 16.3 Å². The van der Waals surface area contributed by atoms with Gasteiger partial charge in [0.1, 0.15) is 0 Å². The standard InChI is InChI=1S/C8H19N3O4S/c1-15-8(12)11-16(13,14)10-7-5-3-2-4-6-9/h10H,2-7,9H2,1H3,(H,11,12). The van der Waals surface area contributed by atoms with E-state index in [1.807, 2.05) is 0 Å². The van der Waals surface area contributed by atoms with Crippen LogP contribution in [0.5, 0.6) is 0 Å². The second-order valence-corrected chi connectivity index (χ2v) is 4.69. The Morgan fingerprint density at radius 3 is 2.44 bits per heavy atom. The molecule has 4 N–H and O–H groups in total. The first-order valence-electron chi connectivity index (χ1n) is 5.07. The molecule has 0 aliphatic carbocycles. The molecule has 0 radical (unpaired) electrons. The summed E-state index contributed by atoms with van der Waals surface area (Å²) in [4.78, 5) is 10.6. The van der Waals surface area contributed by atoms with Crippen LogP contribution in [0.4, 0.5) is 4.79 Å². The van der Waals surface area contributed by atoms with Crippen molar-refractivity contribution >= 4 is 16.3 Å². The minimum atomic E-state index is -3.78. The van der Waals surface area contributed by atoms with E-state index in [9.17, 15) is 13.2 Å². The first-order valence-corrected chi connectivity index (χ1v) is 6.55. The van der Waals surface area contributed by atoms with E-state index in [1.54, 1.807) is 4.72 Å². The molecule has 0 bridgehead atoms. The predicted molar refractivity (Wildman–Crippen MR) is 60.0 cm³/mol. The molecular formula is C8H19N3O4S. The monoisotopic (exact) mass is 253 g/mol. The van der Waals surface area contributed by atoms with E-state index < -0.39 is 16.3 Å². The number of amides is 1. The average Bonchev–Trinajstić information content (AvgIpc) is 2.22. The zero-order valence-electron chi connectivity index (χ0n) is 9.36. The fraction of sp³-hybridized carbons (Fsp3) is 0.875. The van der Waals surface area contributed by atoms with Crippen molar-refractivity contribution in [1.29, 1.82) is 0 Å². The van der Waals surface area contributed by atoms with E-state index in [4.69, 9.17) is 5.73 Å². The van der Waals surface area contributed by atoms with Crippen LogP contribution in [-0.2, 0) is 14.9 Å². The normalized spacial score (nSPS) is 11.1. The molecule has 0 heterocycles. The Morgan fingerprint density at radius 2 is 1.88 bits per heavy atom. The number of rotatable bonds is 8. The molecule has 0 atom stereocenters. The number of carbonyl (C=O) groups excluding carboxylic acids is 1. The maximum atomic E-state index is 11.1. The maximum absolute atomic E-state index is 11.1. The quantitative estimate of drug-likeness (QED) is 0.514. The second-order valence-electron chi connectivity index (χ2n) is 3.19. The molecule has 16 heavy (non-hydrogen) atoms. The number of carbonyl (C=O) groups is 1. The van der Waals surface area contributed by atoms with Gasteiger partial charge in [-0.1, -0.05) is 12.8 Å². The van der Waals surface area contributed by atoms with Gasteiger partial charge in [0.15, 0.2) is 0 Å². The lowest BCUT2D eigenvalue weighted by atomic mass is 10.2. The van der Waals surface area contributed by atoms with E-state index in [0.717, 1.165) is 26.4 Å². The first kappa shape index (κ1) is 15.1. The largest absolute Gasteiger partial charge is 0.452 e. The average molecular weight is 253 g/mol. The molecule has 8 heteroatoms. The molecule has 0 aliphatic heterocycles. The van der Waals surface area contributed by atoms with Crippen molar-refractivity contribution in [3.63, 3.8) is 0 Å². The Labute approximate surface area is 95.9 Å². The van der Waals surface area contributed by atoms with Crippen LogP contribution in [0.15, 0.2) is 0 Å². The number of nitrogens with one attached hydrogen (secondary N) is 2. The molecule has 0 fully saturated rings. The van der Waals surface area contributed by atoms with Gasteiger partial charge in [-0.3, -0.25) is 0 Å². The number of nitrogens with two attached hydrogens (primary N) is 1. The van der Waals surface area contributed by atoms with Crippen molar-refractivity contribution in [3.8, 4) is 0 Å². The SMILES string of the molecule is COC(=O)NS(=O)(=O)NCCCCCCN. The molecule has 7 nitrogen and oxygen atoms in total. The smallest absolute Gasteiger partial charge is 0.421 e. The maximum Gasteiger partial charge on any atom is 0.421 e. The second kappa shape index (κ2) is 8.31. The van der Waals surface area contributed by atoms with E-state index >= 15 is 0 Å². The van der Waals surface area contributed by atoms with Crippen molar-refractivity contribution < 1.29 is 17.9 Å². The molecule has 0 aromatic heterocycles. The number of hydrogen-bond acceptors (Lipinski definition) is 5. The van der Waals surface area contributed by atoms with Crippen LogP contribution in [-0.4, -0.2) is 34.7 Å². The molecule has 0 saturated heterocycles. The summed E-state index contributed by atoms with van der Waals surface area (Å²) in [5, 5.41) is 0. The van der Waals surface area contributed by atoms with Crippen molar-refractivity contribution in [3.05, 3.63) is 0 Å². The fourth-order valence-electron chi connectivity index (χ4n) is 1.02. The van der Waals surface area contributed by atoms with Crippen molar-refractivity contribution in [2.75, 3.05) is 20.2 Å². The molecule has 0 rings (SSSR count). The van der Waals surface area contributed by atoms with Gasteiger partial charge in [0.05, 0.1) is 7.11 Å². The topological polar surface area (TPSA) is 111 Å². The third kappa shape index (κ3) is 8.45. The van der Waals surface area contributed by atoms with E-state index in [2.05, 4.69) is 9.46 Å². The van der Waals surface area contributed by atoms with Gasteiger partial charge in [0.2, 0.25) is 0 Å². The Balaban J connectivity index is 3.63. The lowest BCUT2D eigenvalue weighted by molar-refractivity contribution is 0.177. The highest BCUT2D eigenvalue weighted by Crippen LogP contribution is 1.97. The lowest BCUT2D eigenvalue weighted by Crippen LogP contribution is -2.40. The summed E-state index contributed by atoms with van der Waals surface area (Å²) in [6.07, 6.45) is 2.52. The van der Waals surface area contributed by atoms with Crippen LogP contribution in [0.25, 0.3) is 0 Å². The molecule has 0 unspecified atom stereocenters. The highest BCUT2D eigenvalue weighted by molar-refractivity contribution is 7.88. The predicted octanol–water partition coefficient (Wildman–Crippen LogP) is -0.304. The Morgan fingerprint density at radius 1 is 1.25 bits per heavy atom. The molecule has 1 amide bonds. The van der Waals surface area contributed by atoms with Crippen LogP contribution in [0.1, 0.15) is 25.7 Å². The molecule has 0 spiro atoms. The summed E-state index contributed by atoms with van der Waals surface area (Å²) in [5.41, 5.74) is 5.31. The Kier molecular flexibility index (Phi) is 7.86. The summed E-state index contributed by atoms with van der Waals surface area (Å²) < 4.78 is 30.4. The summed E-state index contributed by atoms with van der Waals surface area (Å²) in [7, 11) is -2.69. The fourth-order valence-corrected chi connectivity index (χ4v) is 1.80. The Hall–Kier alpha value is -0.860. The zero-order chi connectivity index (χ0) is 12.4. The van der Waals surface area contributed by atoms with Crippen LogP contribution in [0.2, 0.25) is 0 Å².